The monoisotopic (exact) mass is 354 g/mol. The smallest absolute Gasteiger partial charge is 0.261 e. The third kappa shape index (κ3) is 3.48. The first-order valence-electron chi connectivity index (χ1n) is 6.46. The summed E-state index contributed by atoms with van der Waals surface area (Å²) in [5, 5.41) is 2.65. The Morgan fingerprint density at radius 1 is 1.29 bits per heavy atom. The van der Waals surface area contributed by atoms with E-state index in [9.17, 15) is 14.4 Å². The molecule has 0 aromatic heterocycles. The lowest BCUT2D eigenvalue weighted by Crippen LogP contribution is -2.35. The predicted octanol–water partition coefficient (Wildman–Crippen LogP) is 1.20. The van der Waals surface area contributed by atoms with Crippen molar-refractivity contribution >= 4 is 33.7 Å². The summed E-state index contributed by atoms with van der Waals surface area (Å²) in [6, 6.07) is 4.94. The highest BCUT2D eigenvalue weighted by atomic mass is 79.9. The highest BCUT2D eigenvalue weighted by Crippen LogP contribution is 2.25. The molecule has 3 amide bonds. The molecule has 1 aromatic rings. The van der Waals surface area contributed by atoms with Gasteiger partial charge in [0.2, 0.25) is 5.91 Å². The number of nitrogens with one attached hydrogen (secondary N) is 1. The van der Waals surface area contributed by atoms with Gasteiger partial charge in [-0.3, -0.25) is 19.3 Å². The van der Waals surface area contributed by atoms with Gasteiger partial charge in [-0.25, -0.2) is 0 Å². The van der Waals surface area contributed by atoms with Crippen LogP contribution in [0.1, 0.15) is 27.1 Å². The fourth-order valence-electron chi connectivity index (χ4n) is 2.06. The molecule has 0 atom stereocenters. The summed E-state index contributed by atoms with van der Waals surface area (Å²) in [5.74, 6) is -0.932. The Balaban J connectivity index is 1.96. The minimum atomic E-state index is -0.360. The van der Waals surface area contributed by atoms with Crippen molar-refractivity contribution in [2.45, 2.75) is 6.42 Å². The number of methoxy groups -OCH3 is 1. The lowest BCUT2D eigenvalue weighted by atomic mass is 10.1. The molecule has 0 bridgehead atoms. The molecule has 1 N–H and O–H groups in total. The van der Waals surface area contributed by atoms with E-state index in [0.29, 0.717) is 24.3 Å². The van der Waals surface area contributed by atoms with Gasteiger partial charge in [-0.1, -0.05) is 15.9 Å². The normalized spacial score (nSPS) is 13.5. The molecule has 0 saturated carbocycles. The second kappa shape index (κ2) is 6.82. The number of ether oxygens (including phenoxy) is 1. The highest BCUT2D eigenvalue weighted by Gasteiger charge is 2.35. The third-order valence-corrected chi connectivity index (χ3v) is 3.62. The Labute approximate surface area is 130 Å². The van der Waals surface area contributed by atoms with E-state index < -0.39 is 0 Å². The zero-order valence-corrected chi connectivity index (χ0v) is 13.1. The summed E-state index contributed by atoms with van der Waals surface area (Å²) < 4.78 is 5.56. The van der Waals surface area contributed by atoms with Crippen molar-refractivity contribution in [3.63, 3.8) is 0 Å². The number of imide groups is 1. The summed E-state index contributed by atoms with van der Waals surface area (Å²) in [6.07, 6.45) is 0.0797. The molecule has 112 valence electrons. The molecule has 0 radical (unpaired) electrons. The van der Waals surface area contributed by atoms with Gasteiger partial charge in [0.05, 0.1) is 17.7 Å². The Morgan fingerprint density at radius 3 is 2.71 bits per heavy atom. The number of rotatable bonds is 6. The topological polar surface area (TPSA) is 75.7 Å². The van der Waals surface area contributed by atoms with Crippen LogP contribution in [-0.2, 0) is 9.53 Å². The van der Waals surface area contributed by atoms with Crippen molar-refractivity contribution in [1.29, 1.82) is 0 Å². The van der Waals surface area contributed by atoms with Crippen LogP contribution in [-0.4, -0.2) is 49.4 Å². The molecule has 1 aliphatic heterocycles. The maximum atomic E-state index is 12.2. The second-order valence-electron chi connectivity index (χ2n) is 4.54. The fourth-order valence-corrected chi connectivity index (χ4v) is 2.42. The minimum absolute atomic E-state index is 0.0722. The molecule has 0 unspecified atom stereocenters. The Kier molecular flexibility index (Phi) is 5.08. The minimum Gasteiger partial charge on any atom is -0.383 e. The van der Waals surface area contributed by atoms with Crippen LogP contribution in [0.25, 0.3) is 0 Å². The van der Waals surface area contributed by atoms with Crippen molar-refractivity contribution in [2.75, 3.05) is 26.8 Å². The largest absolute Gasteiger partial charge is 0.383 e. The molecule has 0 fully saturated rings. The number of nitrogens with zero attached hydrogens (tertiary/aromatic N) is 1. The first kappa shape index (κ1) is 15.7. The molecule has 1 aliphatic rings. The van der Waals surface area contributed by atoms with Crippen LogP contribution in [0.4, 0.5) is 0 Å². The van der Waals surface area contributed by atoms with Crippen molar-refractivity contribution in [3.05, 3.63) is 33.8 Å². The van der Waals surface area contributed by atoms with Gasteiger partial charge >= 0.3 is 0 Å². The van der Waals surface area contributed by atoms with Gasteiger partial charge < -0.3 is 10.1 Å². The van der Waals surface area contributed by atoms with Crippen LogP contribution in [0.5, 0.6) is 0 Å². The molecule has 2 rings (SSSR count). The first-order chi connectivity index (χ1) is 10.0. The van der Waals surface area contributed by atoms with Crippen molar-refractivity contribution in [3.8, 4) is 0 Å². The van der Waals surface area contributed by atoms with Crippen molar-refractivity contribution < 1.29 is 19.1 Å². The average molecular weight is 355 g/mol. The zero-order valence-electron chi connectivity index (χ0n) is 11.5. The van der Waals surface area contributed by atoms with E-state index >= 15 is 0 Å². The number of carbonyl (C=O) groups is 3. The van der Waals surface area contributed by atoms with E-state index in [0.717, 1.165) is 9.37 Å². The SMILES string of the molecule is COCCNC(=O)CCN1C(=O)c2ccc(Br)cc2C1=O. The lowest BCUT2D eigenvalue weighted by molar-refractivity contribution is -0.121. The van der Waals surface area contributed by atoms with Gasteiger partial charge in [0, 0.05) is 31.1 Å². The molecular formula is C14H15BrN2O4. The molecule has 1 aromatic carbocycles. The number of hydrogen-bond acceptors (Lipinski definition) is 4. The summed E-state index contributed by atoms with van der Waals surface area (Å²) in [5.41, 5.74) is 0.747. The summed E-state index contributed by atoms with van der Waals surface area (Å²) in [4.78, 5) is 37.0. The van der Waals surface area contributed by atoms with E-state index in [1.807, 2.05) is 0 Å². The summed E-state index contributed by atoms with van der Waals surface area (Å²) >= 11 is 3.27. The lowest BCUT2D eigenvalue weighted by Gasteiger charge is -2.13. The molecule has 1 heterocycles. The van der Waals surface area contributed by atoms with Crippen LogP contribution in [0.2, 0.25) is 0 Å². The number of halogens is 1. The van der Waals surface area contributed by atoms with E-state index in [4.69, 9.17) is 4.74 Å². The second-order valence-corrected chi connectivity index (χ2v) is 5.46. The van der Waals surface area contributed by atoms with Crippen molar-refractivity contribution in [2.24, 2.45) is 0 Å². The number of fused-ring (bicyclic) bond motifs is 1. The van der Waals surface area contributed by atoms with E-state index in [1.54, 1.807) is 25.3 Å². The number of amides is 3. The molecule has 7 heteroatoms. The van der Waals surface area contributed by atoms with E-state index in [2.05, 4.69) is 21.2 Å². The first-order valence-corrected chi connectivity index (χ1v) is 7.25. The van der Waals surface area contributed by atoms with Gasteiger partial charge in [0.1, 0.15) is 0 Å². The Bertz CT molecular complexity index is 588. The molecule has 0 aliphatic carbocycles. The number of carbonyl (C=O) groups excluding carboxylic acids is 3. The third-order valence-electron chi connectivity index (χ3n) is 3.12. The average Bonchev–Trinajstić information content (AvgIpc) is 2.69. The quantitative estimate of drug-likeness (QED) is 0.615. The van der Waals surface area contributed by atoms with Crippen LogP contribution in [0, 0.1) is 0 Å². The maximum absolute atomic E-state index is 12.2. The highest BCUT2D eigenvalue weighted by molar-refractivity contribution is 9.10. The van der Waals surface area contributed by atoms with Gasteiger partial charge in [-0.15, -0.1) is 0 Å². The van der Waals surface area contributed by atoms with Gasteiger partial charge in [-0.2, -0.15) is 0 Å². The number of benzene rings is 1. The molecule has 0 spiro atoms. The van der Waals surface area contributed by atoms with Gasteiger partial charge in [0.15, 0.2) is 0 Å². The van der Waals surface area contributed by atoms with Crippen LogP contribution in [0.15, 0.2) is 22.7 Å². The summed E-state index contributed by atoms with van der Waals surface area (Å²) in [6.45, 7) is 0.903. The van der Waals surface area contributed by atoms with E-state index in [1.165, 1.54) is 0 Å². The number of hydrogen-bond donors (Lipinski definition) is 1. The standard InChI is InChI=1S/C14H15BrN2O4/c1-21-7-5-16-12(18)4-6-17-13(19)10-3-2-9(15)8-11(10)14(17)20/h2-3,8H,4-7H2,1H3,(H,16,18). The molecule has 0 saturated heterocycles. The Hall–Kier alpha value is -1.73. The summed E-state index contributed by atoms with van der Waals surface area (Å²) in [7, 11) is 1.54. The molecule has 6 nitrogen and oxygen atoms in total. The van der Waals surface area contributed by atoms with Crippen molar-refractivity contribution in [1.82, 2.24) is 10.2 Å². The predicted molar refractivity (Wildman–Crippen MR) is 79.0 cm³/mol. The van der Waals surface area contributed by atoms with Gasteiger partial charge in [0.25, 0.3) is 11.8 Å². The van der Waals surface area contributed by atoms with Crippen LogP contribution < -0.4 is 5.32 Å². The maximum Gasteiger partial charge on any atom is 0.261 e. The van der Waals surface area contributed by atoms with Crippen LogP contribution >= 0.6 is 15.9 Å². The van der Waals surface area contributed by atoms with Crippen LogP contribution in [0.3, 0.4) is 0 Å². The van der Waals surface area contributed by atoms with Gasteiger partial charge in [-0.05, 0) is 18.2 Å². The Morgan fingerprint density at radius 2 is 2.00 bits per heavy atom. The molecular weight excluding hydrogens is 340 g/mol. The zero-order chi connectivity index (χ0) is 15.4. The molecule has 21 heavy (non-hydrogen) atoms. The van der Waals surface area contributed by atoms with E-state index in [-0.39, 0.29) is 30.7 Å². The fraction of sp³-hybridized carbons (Fsp3) is 0.357.